The average molecular weight is 224 g/mol. The molecule has 4 heteroatoms. The summed E-state index contributed by atoms with van der Waals surface area (Å²) in [7, 11) is 1.88. The van der Waals surface area contributed by atoms with Gasteiger partial charge in [0, 0.05) is 12.4 Å². The lowest BCUT2D eigenvalue weighted by Crippen LogP contribution is -1.94. The van der Waals surface area contributed by atoms with Crippen molar-refractivity contribution in [2.24, 2.45) is 7.05 Å². The minimum atomic E-state index is 0.753. The third-order valence-corrected chi connectivity index (χ3v) is 2.41. The van der Waals surface area contributed by atoms with E-state index in [4.69, 9.17) is 11.6 Å². The van der Waals surface area contributed by atoms with Gasteiger partial charge in [0.05, 0.1) is 16.4 Å². The summed E-state index contributed by atoms with van der Waals surface area (Å²) in [5, 5.41) is 5.65. The Bertz CT molecular complexity index is 244. The molecule has 1 aromatic rings. The van der Waals surface area contributed by atoms with Gasteiger partial charge in [-0.3, -0.25) is 4.68 Å². The molecule has 10 heavy (non-hydrogen) atoms. The summed E-state index contributed by atoms with van der Waals surface area (Å²) in [6.07, 6.45) is 0. The lowest BCUT2D eigenvalue weighted by atomic mass is 10.4. The fourth-order valence-corrected chi connectivity index (χ4v) is 1.86. The van der Waals surface area contributed by atoms with Crippen LogP contribution in [0, 0.1) is 6.92 Å². The summed E-state index contributed by atoms with van der Waals surface area (Å²) in [6.45, 7) is 1.90. The van der Waals surface area contributed by atoms with Gasteiger partial charge in [0.25, 0.3) is 0 Å². The smallest absolute Gasteiger partial charge is 0.0855 e. The number of hydrogen-bond acceptors (Lipinski definition) is 1. The first-order chi connectivity index (χ1) is 4.66. The third kappa shape index (κ3) is 1.20. The maximum atomic E-state index is 5.90. The molecule has 0 N–H and O–H groups in total. The molecule has 56 valence electrons. The highest BCUT2D eigenvalue weighted by atomic mass is 79.9. The number of aryl methyl sites for hydroxylation is 2. The van der Waals surface area contributed by atoms with Crippen molar-refractivity contribution in [3.63, 3.8) is 0 Å². The lowest BCUT2D eigenvalue weighted by molar-refractivity contribution is 0.729. The van der Waals surface area contributed by atoms with E-state index in [0.29, 0.717) is 0 Å². The van der Waals surface area contributed by atoms with Gasteiger partial charge in [0.1, 0.15) is 0 Å². The van der Waals surface area contributed by atoms with E-state index in [-0.39, 0.29) is 0 Å². The maximum absolute atomic E-state index is 5.90. The molecule has 0 fully saturated rings. The molecule has 0 spiro atoms. The van der Waals surface area contributed by atoms with Gasteiger partial charge in [-0.25, -0.2) is 0 Å². The van der Waals surface area contributed by atoms with Gasteiger partial charge in [0.15, 0.2) is 0 Å². The van der Waals surface area contributed by atoms with Crippen molar-refractivity contribution in [3.05, 3.63) is 16.4 Å². The number of nitrogens with zero attached hydrogens (tertiary/aromatic N) is 2. The second kappa shape index (κ2) is 2.93. The predicted molar refractivity (Wildman–Crippen MR) is 45.6 cm³/mol. The van der Waals surface area contributed by atoms with Crippen LogP contribution in [0.25, 0.3) is 0 Å². The van der Waals surface area contributed by atoms with Gasteiger partial charge in [-0.05, 0) is 6.92 Å². The Hall–Kier alpha value is -0.0200. The molecule has 0 saturated carbocycles. The first-order valence-electron chi connectivity index (χ1n) is 2.90. The standard InChI is InChI=1S/C6H8BrClN2/c1-4-6(8)5(3-7)10(2)9-4/h3H2,1-2H3. The highest BCUT2D eigenvalue weighted by Crippen LogP contribution is 2.20. The van der Waals surface area contributed by atoms with E-state index in [0.717, 1.165) is 21.7 Å². The number of rotatable bonds is 1. The summed E-state index contributed by atoms with van der Waals surface area (Å²) >= 11 is 9.23. The number of hydrogen-bond donors (Lipinski definition) is 0. The Morgan fingerprint density at radius 3 is 2.50 bits per heavy atom. The lowest BCUT2D eigenvalue weighted by Gasteiger charge is -1.94. The Morgan fingerprint density at radius 2 is 2.30 bits per heavy atom. The first kappa shape index (κ1) is 8.08. The van der Waals surface area contributed by atoms with Crippen LogP contribution in [-0.4, -0.2) is 9.78 Å². The molecule has 1 aromatic heterocycles. The molecule has 0 aliphatic carbocycles. The van der Waals surface area contributed by atoms with Gasteiger partial charge in [0.2, 0.25) is 0 Å². The zero-order valence-corrected chi connectivity index (χ0v) is 8.20. The van der Waals surface area contributed by atoms with E-state index in [1.165, 1.54) is 0 Å². The largest absolute Gasteiger partial charge is 0.270 e. The highest BCUT2D eigenvalue weighted by molar-refractivity contribution is 9.08. The molecule has 0 aliphatic heterocycles. The molecule has 1 rings (SSSR count). The second-order valence-corrected chi connectivity index (χ2v) is 3.04. The topological polar surface area (TPSA) is 17.8 Å². The van der Waals surface area contributed by atoms with Gasteiger partial charge in [-0.15, -0.1) is 0 Å². The van der Waals surface area contributed by atoms with Gasteiger partial charge < -0.3 is 0 Å². The molecule has 0 atom stereocenters. The van der Waals surface area contributed by atoms with Crippen LogP contribution in [0.2, 0.25) is 5.02 Å². The molecule has 0 radical (unpaired) electrons. The van der Waals surface area contributed by atoms with E-state index in [1.54, 1.807) is 4.68 Å². The van der Waals surface area contributed by atoms with Crippen LogP contribution in [0.1, 0.15) is 11.4 Å². The quantitative estimate of drug-likeness (QED) is 0.668. The maximum Gasteiger partial charge on any atom is 0.0855 e. The van der Waals surface area contributed by atoms with Crippen molar-refractivity contribution in [1.29, 1.82) is 0 Å². The molecule has 0 amide bonds. The Labute approximate surface area is 73.3 Å². The Kier molecular flexibility index (Phi) is 2.36. The van der Waals surface area contributed by atoms with Crippen molar-refractivity contribution in [2.75, 3.05) is 0 Å². The number of halogens is 2. The van der Waals surface area contributed by atoms with Gasteiger partial charge in [-0.1, -0.05) is 27.5 Å². The first-order valence-corrected chi connectivity index (χ1v) is 4.40. The SMILES string of the molecule is Cc1nn(C)c(CBr)c1Cl. The zero-order valence-electron chi connectivity index (χ0n) is 5.86. The molecule has 0 bridgehead atoms. The Balaban J connectivity index is 3.20. The normalized spacial score (nSPS) is 10.4. The Morgan fingerprint density at radius 1 is 1.70 bits per heavy atom. The van der Waals surface area contributed by atoms with Crippen molar-refractivity contribution in [2.45, 2.75) is 12.3 Å². The molecule has 0 aliphatic rings. The summed E-state index contributed by atoms with van der Waals surface area (Å²) in [6, 6.07) is 0. The van der Waals surface area contributed by atoms with E-state index < -0.39 is 0 Å². The minimum Gasteiger partial charge on any atom is -0.270 e. The van der Waals surface area contributed by atoms with Crippen molar-refractivity contribution >= 4 is 27.5 Å². The van der Waals surface area contributed by atoms with Crippen molar-refractivity contribution in [3.8, 4) is 0 Å². The highest BCUT2D eigenvalue weighted by Gasteiger charge is 2.07. The molecule has 0 unspecified atom stereocenters. The number of aromatic nitrogens is 2. The van der Waals surface area contributed by atoms with Gasteiger partial charge in [-0.2, -0.15) is 5.10 Å². The van der Waals surface area contributed by atoms with Crippen LogP contribution >= 0.6 is 27.5 Å². The van der Waals surface area contributed by atoms with Gasteiger partial charge >= 0.3 is 0 Å². The molecular formula is C6H8BrClN2. The zero-order chi connectivity index (χ0) is 7.72. The molecule has 1 heterocycles. The summed E-state index contributed by atoms with van der Waals surface area (Å²) in [5.41, 5.74) is 1.91. The van der Waals surface area contributed by atoms with Crippen molar-refractivity contribution < 1.29 is 0 Å². The number of alkyl halides is 1. The fraction of sp³-hybridized carbons (Fsp3) is 0.500. The average Bonchev–Trinajstić information content (AvgIpc) is 2.09. The van der Waals surface area contributed by atoms with Crippen molar-refractivity contribution in [1.82, 2.24) is 9.78 Å². The minimum absolute atomic E-state index is 0.753. The monoisotopic (exact) mass is 222 g/mol. The second-order valence-electron chi connectivity index (χ2n) is 2.10. The molecule has 0 aromatic carbocycles. The van der Waals surface area contributed by atoms with E-state index in [1.807, 2.05) is 14.0 Å². The summed E-state index contributed by atoms with van der Waals surface area (Å²) in [4.78, 5) is 0. The molecule has 0 saturated heterocycles. The van der Waals surface area contributed by atoms with E-state index >= 15 is 0 Å². The van der Waals surface area contributed by atoms with Crippen LogP contribution in [0.15, 0.2) is 0 Å². The third-order valence-electron chi connectivity index (χ3n) is 1.39. The van der Waals surface area contributed by atoms with E-state index in [2.05, 4.69) is 21.0 Å². The molecule has 2 nitrogen and oxygen atoms in total. The van der Waals surface area contributed by atoms with Crippen LogP contribution in [0.4, 0.5) is 0 Å². The van der Waals surface area contributed by atoms with Crippen LogP contribution in [-0.2, 0) is 12.4 Å². The van der Waals surface area contributed by atoms with Crippen LogP contribution < -0.4 is 0 Å². The summed E-state index contributed by atoms with van der Waals surface area (Å²) < 4.78 is 1.78. The molecular weight excluding hydrogens is 215 g/mol. The fourth-order valence-electron chi connectivity index (χ4n) is 0.825. The van der Waals surface area contributed by atoms with Crippen LogP contribution in [0.5, 0.6) is 0 Å². The summed E-state index contributed by atoms with van der Waals surface area (Å²) in [5.74, 6) is 0. The van der Waals surface area contributed by atoms with Crippen LogP contribution in [0.3, 0.4) is 0 Å². The van der Waals surface area contributed by atoms with E-state index in [9.17, 15) is 0 Å². The predicted octanol–water partition coefficient (Wildman–Crippen LogP) is 2.28.